The van der Waals surface area contributed by atoms with Gasteiger partial charge in [0.25, 0.3) is 5.56 Å². The molecule has 0 saturated heterocycles. The van der Waals surface area contributed by atoms with E-state index in [2.05, 4.69) is 56.7 Å². The zero-order chi connectivity index (χ0) is 22.0. The summed E-state index contributed by atoms with van der Waals surface area (Å²) in [7, 11) is 1.53. The van der Waals surface area contributed by atoms with Gasteiger partial charge in [-0.2, -0.15) is 4.98 Å². The molecule has 0 aliphatic rings. The fourth-order valence-corrected chi connectivity index (χ4v) is 4.19. The van der Waals surface area contributed by atoms with E-state index >= 15 is 0 Å². The molecular weight excluding hydrogens is 400 g/mol. The number of nitrogens with zero attached hydrogens (tertiary/aromatic N) is 1. The summed E-state index contributed by atoms with van der Waals surface area (Å²) in [5.41, 5.74) is 2.44. The van der Waals surface area contributed by atoms with Crippen LogP contribution >= 0.6 is 0 Å². The van der Waals surface area contributed by atoms with Crippen LogP contribution in [0.4, 0.5) is 5.95 Å². The van der Waals surface area contributed by atoms with Gasteiger partial charge in [0, 0.05) is 6.20 Å². The highest BCUT2D eigenvalue weighted by Crippen LogP contribution is 2.39. The minimum absolute atomic E-state index is 0.279. The molecule has 0 saturated carbocycles. The van der Waals surface area contributed by atoms with Crippen LogP contribution in [-0.4, -0.2) is 22.1 Å². The van der Waals surface area contributed by atoms with Gasteiger partial charge in [-0.05, 0) is 16.7 Å². The smallest absolute Gasteiger partial charge is 0.265 e. The first kappa shape index (κ1) is 19.6. The Morgan fingerprint density at radius 3 is 1.78 bits per heavy atom. The third-order valence-corrected chi connectivity index (χ3v) is 5.65. The van der Waals surface area contributed by atoms with Gasteiger partial charge < -0.3 is 15.0 Å². The van der Waals surface area contributed by atoms with Crippen molar-refractivity contribution >= 4 is 17.0 Å². The highest BCUT2D eigenvalue weighted by molar-refractivity contribution is 5.82. The lowest BCUT2D eigenvalue weighted by molar-refractivity contribution is 0.419. The molecule has 2 heterocycles. The molecule has 0 amide bonds. The van der Waals surface area contributed by atoms with Gasteiger partial charge in [-0.1, -0.05) is 91.0 Å². The largest absolute Gasteiger partial charge is 0.494 e. The maximum atomic E-state index is 12.9. The Balaban J connectivity index is 1.77. The van der Waals surface area contributed by atoms with E-state index in [0.717, 1.165) is 16.7 Å². The lowest BCUT2D eigenvalue weighted by Crippen LogP contribution is -2.39. The maximum Gasteiger partial charge on any atom is 0.265 e. The van der Waals surface area contributed by atoms with E-state index in [4.69, 9.17) is 4.74 Å². The van der Waals surface area contributed by atoms with Gasteiger partial charge in [0.2, 0.25) is 5.95 Å². The van der Waals surface area contributed by atoms with Crippen molar-refractivity contribution < 1.29 is 4.74 Å². The van der Waals surface area contributed by atoms with Crippen molar-refractivity contribution in [2.24, 2.45) is 0 Å². The van der Waals surface area contributed by atoms with Crippen molar-refractivity contribution in [1.82, 2.24) is 15.0 Å². The van der Waals surface area contributed by atoms with Crippen LogP contribution in [-0.2, 0) is 5.54 Å². The number of methoxy groups -OCH3 is 1. The molecule has 0 aliphatic heterocycles. The van der Waals surface area contributed by atoms with Crippen LogP contribution in [0.3, 0.4) is 0 Å². The van der Waals surface area contributed by atoms with Crippen molar-refractivity contribution in [3.8, 4) is 5.75 Å². The van der Waals surface area contributed by atoms with E-state index in [-0.39, 0.29) is 5.56 Å². The number of aromatic amines is 2. The number of fused-ring (bicyclic) bond motifs is 1. The van der Waals surface area contributed by atoms with E-state index < -0.39 is 5.54 Å². The summed E-state index contributed by atoms with van der Waals surface area (Å²) in [6.07, 6.45) is 1.63. The summed E-state index contributed by atoms with van der Waals surface area (Å²) in [4.78, 5) is 23.5. The molecule has 0 radical (unpaired) electrons. The van der Waals surface area contributed by atoms with Gasteiger partial charge in [-0.15, -0.1) is 0 Å². The molecular formula is C26H22N4O2. The number of nitrogens with one attached hydrogen (secondary N) is 3. The molecule has 0 aliphatic carbocycles. The quantitative estimate of drug-likeness (QED) is 0.348. The molecule has 0 fully saturated rings. The Bertz CT molecular complexity index is 1300. The van der Waals surface area contributed by atoms with Gasteiger partial charge in [-0.25, -0.2) is 0 Å². The normalized spacial score (nSPS) is 11.4. The number of ether oxygens (including phenoxy) is 1. The predicted molar refractivity (Wildman–Crippen MR) is 126 cm³/mol. The summed E-state index contributed by atoms with van der Waals surface area (Å²) in [5.74, 6) is 0.810. The lowest BCUT2D eigenvalue weighted by atomic mass is 9.77. The van der Waals surface area contributed by atoms with Crippen LogP contribution in [0.25, 0.3) is 11.0 Å². The van der Waals surface area contributed by atoms with E-state index in [9.17, 15) is 4.79 Å². The number of benzene rings is 3. The number of aromatic nitrogens is 3. The van der Waals surface area contributed by atoms with Gasteiger partial charge in [-0.3, -0.25) is 9.78 Å². The second-order valence-corrected chi connectivity index (χ2v) is 7.47. The standard InChI is InChI=1S/C26H22N4O2/c1-32-21-17-27-23-22(21)24(31)29-25(28-23)30-26(18-11-5-2-6-12-18,19-13-7-3-8-14-19)20-15-9-4-10-16-20/h2-17H,1H3,(H3,27,28,29,30,31). The van der Waals surface area contributed by atoms with Crippen molar-refractivity contribution in [2.45, 2.75) is 5.54 Å². The summed E-state index contributed by atoms with van der Waals surface area (Å²) < 4.78 is 5.29. The first-order valence-electron chi connectivity index (χ1n) is 10.3. The first-order valence-corrected chi connectivity index (χ1v) is 10.3. The average molecular weight is 422 g/mol. The SMILES string of the molecule is COc1c[nH]c2nc(NC(c3ccccc3)(c3ccccc3)c3ccccc3)[nH]c(=O)c12. The molecule has 0 bridgehead atoms. The molecule has 0 atom stereocenters. The second kappa shape index (κ2) is 8.07. The van der Waals surface area contributed by atoms with Crippen molar-refractivity contribution in [3.05, 3.63) is 124 Å². The highest BCUT2D eigenvalue weighted by Gasteiger charge is 2.37. The maximum absolute atomic E-state index is 12.9. The average Bonchev–Trinajstić information content (AvgIpc) is 3.28. The van der Waals surface area contributed by atoms with E-state index in [1.165, 1.54) is 7.11 Å². The second-order valence-electron chi connectivity index (χ2n) is 7.47. The molecule has 0 unspecified atom stereocenters. The molecule has 6 heteroatoms. The Labute approximate surface area is 184 Å². The third kappa shape index (κ3) is 3.22. The molecule has 3 N–H and O–H groups in total. The summed E-state index contributed by atoms with van der Waals surface area (Å²) >= 11 is 0. The lowest BCUT2D eigenvalue weighted by Gasteiger charge is -2.37. The summed E-state index contributed by atoms with van der Waals surface area (Å²) in [6.45, 7) is 0. The summed E-state index contributed by atoms with van der Waals surface area (Å²) in [5, 5.41) is 3.97. The van der Waals surface area contributed by atoms with Crippen LogP contribution in [0.2, 0.25) is 0 Å². The number of hydrogen-bond acceptors (Lipinski definition) is 4. The number of anilines is 1. The first-order chi connectivity index (χ1) is 15.7. The minimum Gasteiger partial charge on any atom is -0.494 e. The van der Waals surface area contributed by atoms with Crippen LogP contribution in [0.1, 0.15) is 16.7 Å². The van der Waals surface area contributed by atoms with E-state index in [1.807, 2.05) is 54.6 Å². The van der Waals surface area contributed by atoms with Crippen molar-refractivity contribution in [1.29, 1.82) is 0 Å². The van der Waals surface area contributed by atoms with Crippen molar-refractivity contribution in [2.75, 3.05) is 12.4 Å². The minimum atomic E-state index is -0.788. The molecule has 32 heavy (non-hydrogen) atoms. The molecule has 6 nitrogen and oxygen atoms in total. The Kier molecular flexibility index (Phi) is 4.95. The Morgan fingerprint density at radius 2 is 1.31 bits per heavy atom. The van der Waals surface area contributed by atoms with Crippen LogP contribution in [0, 0.1) is 0 Å². The number of hydrogen-bond donors (Lipinski definition) is 3. The third-order valence-electron chi connectivity index (χ3n) is 5.65. The Hall–Kier alpha value is -4.32. The summed E-state index contributed by atoms with van der Waals surface area (Å²) in [6, 6.07) is 30.4. The number of H-pyrrole nitrogens is 2. The fourth-order valence-electron chi connectivity index (χ4n) is 4.19. The topological polar surface area (TPSA) is 82.8 Å². The molecule has 158 valence electrons. The molecule has 5 rings (SSSR count). The van der Waals surface area contributed by atoms with Crippen LogP contribution < -0.4 is 15.6 Å². The zero-order valence-electron chi connectivity index (χ0n) is 17.5. The van der Waals surface area contributed by atoms with Crippen LogP contribution in [0.15, 0.2) is 102 Å². The highest BCUT2D eigenvalue weighted by atomic mass is 16.5. The van der Waals surface area contributed by atoms with Gasteiger partial charge in [0.15, 0.2) is 11.4 Å². The monoisotopic (exact) mass is 422 g/mol. The van der Waals surface area contributed by atoms with Gasteiger partial charge >= 0.3 is 0 Å². The van der Waals surface area contributed by atoms with Crippen molar-refractivity contribution in [3.63, 3.8) is 0 Å². The fraction of sp³-hybridized carbons (Fsp3) is 0.0769. The van der Waals surface area contributed by atoms with Gasteiger partial charge in [0.1, 0.15) is 10.9 Å². The van der Waals surface area contributed by atoms with E-state index in [0.29, 0.717) is 22.7 Å². The zero-order valence-corrected chi connectivity index (χ0v) is 17.5. The van der Waals surface area contributed by atoms with E-state index in [1.54, 1.807) is 6.20 Å². The van der Waals surface area contributed by atoms with Crippen LogP contribution in [0.5, 0.6) is 5.75 Å². The van der Waals surface area contributed by atoms with Gasteiger partial charge in [0.05, 0.1) is 7.11 Å². The molecule has 0 spiro atoms. The molecule has 3 aromatic carbocycles. The Morgan fingerprint density at radius 1 is 0.812 bits per heavy atom. The number of rotatable bonds is 6. The molecule has 5 aromatic rings. The predicted octanol–water partition coefficient (Wildman–Crippen LogP) is 4.66. The molecule has 2 aromatic heterocycles.